The van der Waals surface area contributed by atoms with Crippen LogP contribution in [0.2, 0.25) is 0 Å². The Morgan fingerprint density at radius 1 is 1.05 bits per heavy atom. The first-order valence-electron chi connectivity index (χ1n) is 5.54. The summed E-state index contributed by atoms with van der Waals surface area (Å²) in [6.45, 7) is 0. The molecule has 0 aliphatic heterocycles. The Balaban J connectivity index is 2.46. The number of hydrogen-bond donors (Lipinski definition) is 3. The molecule has 0 aliphatic carbocycles. The van der Waals surface area contributed by atoms with Gasteiger partial charge in [-0.25, -0.2) is 22.4 Å². The SMILES string of the molecule is Nc1cc(C(=O)O)ccc1Nc1c(F)c(F)cc(F)c1F. The summed E-state index contributed by atoms with van der Waals surface area (Å²) >= 11 is 0. The van der Waals surface area contributed by atoms with Crippen LogP contribution in [0.5, 0.6) is 0 Å². The summed E-state index contributed by atoms with van der Waals surface area (Å²) in [7, 11) is 0. The summed E-state index contributed by atoms with van der Waals surface area (Å²) in [6.07, 6.45) is 0. The third kappa shape index (κ3) is 2.73. The highest BCUT2D eigenvalue weighted by atomic mass is 19.2. The number of halogens is 4. The van der Waals surface area contributed by atoms with Gasteiger partial charge in [0.2, 0.25) is 0 Å². The molecule has 0 heterocycles. The van der Waals surface area contributed by atoms with Crippen LogP contribution in [0.1, 0.15) is 10.4 Å². The van der Waals surface area contributed by atoms with Crippen molar-refractivity contribution in [3.63, 3.8) is 0 Å². The van der Waals surface area contributed by atoms with Gasteiger partial charge in [-0.3, -0.25) is 0 Å². The zero-order valence-corrected chi connectivity index (χ0v) is 10.3. The second-order valence-corrected chi connectivity index (χ2v) is 4.08. The molecule has 0 unspecified atom stereocenters. The van der Waals surface area contributed by atoms with Crippen molar-refractivity contribution in [2.45, 2.75) is 0 Å². The highest BCUT2D eigenvalue weighted by molar-refractivity contribution is 5.90. The lowest BCUT2D eigenvalue weighted by Gasteiger charge is -2.12. The van der Waals surface area contributed by atoms with Crippen LogP contribution in [-0.2, 0) is 0 Å². The van der Waals surface area contributed by atoms with Crippen molar-refractivity contribution >= 4 is 23.0 Å². The molecule has 2 aromatic rings. The molecule has 0 bridgehead atoms. The summed E-state index contributed by atoms with van der Waals surface area (Å²) in [5, 5.41) is 10.9. The van der Waals surface area contributed by atoms with Crippen molar-refractivity contribution < 1.29 is 27.5 Å². The monoisotopic (exact) mass is 300 g/mol. The quantitative estimate of drug-likeness (QED) is 0.462. The van der Waals surface area contributed by atoms with Gasteiger partial charge >= 0.3 is 5.97 Å². The van der Waals surface area contributed by atoms with Gasteiger partial charge in [-0.15, -0.1) is 0 Å². The van der Waals surface area contributed by atoms with Crippen LogP contribution in [0.3, 0.4) is 0 Å². The van der Waals surface area contributed by atoms with Gasteiger partial charge in [-0.05, 0) is 18.2 Å². The minimum Gasteiger partial charge on any atom is -0.478 e. The molecule has 0 radical (unpaired) electrons. The van der Waals surface area contributed by atoms with E-state index >= 15 is 0 Å². The number of anilines is 3. The Hall–Kier alpha value is -2.77. The minimum atomic E-state index is -1.62. The number of carboxylic acid groups (broad SMARTS) is 1. The predicted octanol–water partition coefficient (Wildman–Crippen LogP) is 3.27. The Kier molecular flexibility index (Phi) is 3.70. The fourth-order valence-electron chi connectivity index (χ4n) is 1.63. The van der Waals surface area contributed by atoms with Gasteiger partial charge in [0.05, 0.1) is 16.9 Å². The van der Waals surface area contributed by atoms with Crippen LogP contribution < -0.4 is 11.1 Å². The fourth-order valence-corrected chi connectivity index (χ4v) is 1.63. The van der Waals surface area contributed by atoms with E-state index in [1.54, 1.807) is 0 Å². The van der Waals surface area contributed by atoms with Crippen molar-refractivity contribution in [2.75, 3.05) is 11.1 Å². The van der Waals surface area contributed by atoms with E-state index in [4.69, 9.17) is 10.8 Å². The van der Waals surface area contributed by atoms with Gasteiger partial charge in [0, 0.05) is 6.07 Å². The van der Waals surface area contributed by atoms with Gasteiger partial charge in [0.25, 0.3) is 0 Å². The lowest BCUT2D eigenvalue weighted by atomic mass is 10.1. The highest BCUT2D eigenvalue weighted by Gasteiger charge is 2.20. The molecule has 0 saturated heterocycles. The number of hydrogen-bond acceptors (Lipinski definition) is 3. The lowest BCUT2D eigenvalue weighted by molar-refractivity contribution is 0.0697. The summed E-state index contributed by atoms with van der Waals surface area (Å²) in [6, 6.07) is 3.36. The first-order chi connectivity index (χ1) is 9.81. The predicted molar refractivity (Wildman–Crippen MR) is 67.4 cm³/mol. The molecule has 2 aromatic carbocycles. The first kappa shape index (κ1) is 14.6. The molecule has 0 aromatic heterocycles. The average Bonchev–Trinajstić information content (AvgIpc) is 2.42. The number of nitrogens with one attached hydrogen (secondary N) is 1. The largest absolute Gasteiger partial charge is 0.478 e. The number of carboxylic acids is 1. The molecule has 4 N–H and O–H groups in total. The standard InChI is InChI=1S/C13H8F4N2O2/c14-6-4-7(15)11(17)12(10(6)16)19-9-2-1-5(13(20)21)3-8(9)18/h1-4,19H,18H2,(H,20,21). The van der Waals surface area contributed by atoms with Crippen molar-refractivity contribution in [1.82, 2.24) is 0 Å². The van der Waals surface area contributed by atoms with Gasteiger partial charge in [-0.1, -0.05) is 0 Å². The van der Waals surface area contributed by atoms with Crippen molar-refractivity contribution in [3.05, 3.63) is 53.1 Å². The number of aromatic carboxylic acids is 1. The van der Waals surface area contributed by atoms with E-state index in [-0.39, 0.29) is 23.0 Å². The van der Waals surface area contributed by atoms with Gasteiger partial charge in [0.15, 0.2) is 23.3 Å². The molecule has 0 atom stereocenters. The minimum absolute atomic E-state index is 0.0761. The van der Waals surface area contributed by atoms with E-state index in [9.17, 15) is 22.4 Å². The average molecular weight is 300 g/mol. The van der Waals surface area contributed by atoms with E-state index in [1.807, 2.05) is 0 Å². The molecule has 0 saturated carbocycles. The van der Waals surface area contributed by atoms with E-state index < -0.39 is 34.9 Å². The summed E-state index contributed by atoms with van der Waals surface area (Å²) in [5.41, 5.74) is 4.07. The van der Waals surface area contributed by atoms with Crippen molar-refractivity contribution in [1.29, 1.82) is 0 Å². The van der Waals surface area contributed by atoms with Crippen LogP contribution in [0, 0.1) is 23.3 Å². The highest BCUT2D eigenvalue weighted by Crippen LogP contribution is 2.30. The molecule has 4 nitrogen and oxygen atoms in total. The molecule has 110 valence electrons. The third-order valence-corrected chi connectivity index (χ3v) is 2.67. The van der Waals surface area contributed by atoms with Crippen molar-refractivity contribution in [2.24, 2.45) is 0 Å². The number of carbonyl (C=O) groups is 1. The summed E-state index contributed by atoms with van der Waals surface area (Å²) in [5.74, 6) is -7.62. The van der Waals surface area contributed by atoms with Crippen LogP contribution >= 0.6 is 0 Å². The molecular weight excluding hydrogens is 292 g/mol. The number of nitrogen functional groups attached to an aromatic ring is 1. The Bertz CT molecular complexity index is 708. The van der Waals surface area contributed by atoms with Crippen LogP contribution in [0.4, 0.5) is 34.6 Å². The summed E-state index contributed by atoms with van der Waals surface area (Å²) in [4.78, 5) is 10.7. The molecule has 2 rings (SSSR count). The smallest absolute Gasteiger partial charge is 0.335 e. The topological polar surface area (TPSA) is 75.4 Å². The van der Waals surface area contributed by atoms with E-state index in [0.29, 0.717) is 0 Å². The zero-order valence-electron chi connectivity index (χ0n) is 10.3. The second kappa shape index (κ2) is 5.31. The molecule has 0 amide bonds. The van der Waals surface area contributed by atoms with Gasteiger partial charge in [0.1, 0.15) is 5.69 Å². The zero-order chi connectivity index (χ0) is 15.7. The van der Waals surface area contributed by atoms with Gasteiger partial charge in [-0.2, -0.15) is 0 Å². The number of nitrogens with two attached hydrogens (primary N) is 1. The molecule has 0 fully saturated rings. The summed E-state index contributed by atoms with van der Waals surface area (Å²) < 4.78 is 53.1. The number of rotatable bonds is 3. The molecule has 0 spiro atoms. The van der Waals surface area contributed by atoms with E-state index in [2.05, 4.69) is 5.32 Å². The Morgan fingerprint density at radius 3 is 2.10 bits per heavy atom. The molecule has 0 aliphatic rings. The maximum absolute atomic E-state index is 13.5. The van der Waals surface area contributed by atoms with Crippen molar-refractivity contribution in [3.8, 4) is 0 Å². The first-order valence-corrected chi connectivity index (χ1v) is 5.54. The van der Waals surface area contributed by atoms with Crippen LogP contribution in [0.15, 0.2) is 24.3 Å². The van der Waals surface area contributed by atoms with Crippen LogP contribution in [0.25, 0.3) is 0 Å². The molecular formula is C13H8F4N2O2. The molecule has 21 heavy (non-hydrogen) atoms. The maximum atomic E-state index is 13.5. The second-order valence-electron chi connectivity index (χ2n) is 4.08. The van der Waals surface area contributed by atoms with Crippen LogP contribution in [-0.4, -0.2) is 11.1 Å². The molecule has 8 heteroatoms. The number of benzene rings is 2. The maximum Gasteiger partial charge on any atom is 0.335 e. The van der Waals surface area contributed by atoms with E-state index in [0.717, 1.165) is 18.2 Å². The lowest BCUT2D eigenvalue weighted by Crippen LogP contribution is -2.06. The van der Waals surface area contributed by atoms with E-state index in [1.165, 1.54) is 0 Å². The Labute approximate surface area is 115 Å². The fraction of sp³-hybridized carbons (Fsp3) is 0. The Morgan fingerprint density at radius 2 is 1.62 bits per heavy atom. The third-order valence-electron chi connectivity index (χ3n) is 2.67. The normalized spacial score (nSPS) is 10.5. The van der Waals surface area contributed by atoms with Gasteiger partial charge < -0.3 is 16.2 Å².